The molecule has 4 nitrogen and oxygen atoms in total. The highest BCUT2D eigenvalue weighted by molar-refractivity contribution is 5.90. The number of phenolic OH excluding ortho intramolecular Hbond substituents is 1. The molecule has 3 aromatic carbocycles. The van der Waals surface area contributed by atoms with Gasteiger partial charge in [-0.05, 0) is 60.0 Å². The molecule has 0 bridgehead atoms. The van der Waals surface area contributed by atoms with Gasteiger partial charge in [0.2, 0.25) is 0 Å². The van der Waals surface area contributed by atoms with Gasteiger partial charge in [-0.3, -0.25) is 0 Å². The van der Waals surface area contributed by atoms with E-state index in [9.17, 15) is 9.90 Å². The molecule has 1 N–H and O–H groups in total. The normalized spacial score (nSPS) is 10.3. The Morgan fingerprint density at radius 3 is 2.19 bits per heavy atom. The fraction of sp³-hybridized carbons (Fsp3) is 0.136. The van der Waals surface area contributed by atoms with Crippen molar-refractivity contribution in [1.29, 1.82) is 0 Å². The molecule has 0 aliphatic heterocycles. The summed E-state index contributed by atoms with van der Waals surface area (Å²) < 4.78 is 10.8. The molecule has 0 radical (unpaired) electrons. The van der Waals surface area contributed by atoms with E-state index in [1.807, 2.05) is 55.5 Å². The Bertz CT molecular complexity index is 867. The quantitative estimate of drug-likeness (QED) is 0.522. The van der Waals surface area contributed by atoms with Crippen molar-refractivity contribution < 1.29 is 19.4 Å². The Morgan fingerprint density at radius 2 is 1.54 bits per heavy atom. The molecule has 0 amide bonds. The van der Waals surface area contributed by atoms with Crippen LogP contribution in [0.3, 0.4) is 0 Å². The average Bonchev–Trinajstić information content (AvgIpc) is 2.66. The minimum Gasteiger partial charge on any atom is -0.508 e. The fourth-order valence-corrected chi connectivity index (χ4v) is 2.53. The highest BCUT2D eigenvalue weighted by Gasteiger charge is 2.07. The van der Waals surface area contributed by atoms with Crippen LogP contribution in [0.5, 0.6) is 11.5 Å². The first-order valence-corrected chi connectivity index (χ1v) is 8.38. The summed E-state index contributed by atoms with van der Waals surface area (Å²) in [6.45, 7) is 2.49. The predicted octanol–water partition coefficient (Wildman–Crippen LogP) is 4.60. The van der Waals surface area contributed by atoms with Crippen molar-refractivity contribution in [2.45, 2.75) is 6.92 Å². The number of aryl methyl sites for hydroxylation is 1. The fourth-order valence-electron chi connectivity index (χ4n) is 2.53. The molecule has 0 saturated carbocycles. The van der Waals surface area contributed by atoms with Crippen molar-refractivity contribution in [2.24, 2.45) is 0 Å². The predicted molar refractivity (Wildman–Crippen MR) is 100 cm³/mol. The van der Waals surface area contributed by atoms with Gasteiger partial charge in [-0.1, -0.05) is 36.4 Å². The lowest BCUT2D eigenvalue weighted by molar-refractivity contribution is 0.0450. The summed E-state index contributed by atoms with van der Waals surface area (Å²) in [6.07, 6.45) is 0. The summed E-state index contributed by atoms with van der Waals surface area (Å²) in [4.78, 5) is 12.1. The first kappa shape index (κ1) is 17.5. The first-order chi connectivity index (χ1) is 12.6. The van der Waals surface area contributed by atoms with Gasteiger partial charge in [0.15, 0.2) is 0 Å². The Labute approximate surface area is 152 Å². The summed E-state index contributed by atoms with van der Waals surface area (Å²) in [6, 6.07) is 21.8. The standard InChI is InChI=1S/C22H20O4/c1-16-3-2-4-21(15-16)25-13-14-26-22(24)19-7-5-17(6-8-19)18-9-11-20(23)12-10-18/h2-12,15,23H,13-14H2,1H3. The Kier molecular flexibility index (Phi) is 5.54. The number of hydrogen-bond donors (Lipinski definition) is 1. The number of phenols is 1. The summed E-state index contributed by atoms with van der Waals surface area (Å²) in [5, 5.41) is 9.34. The second kappa shape index (κ2) is 8.21. The zero-order chi connectivity index (χ0) is 18.4. The van der Waals surface area contributed by atoms with Gasteiger partial charge in [0.05, 0.1) is 5.56 Å². The largest absolute Gasteiger partial charge is 0.508 e. The van der Waals surface area contributed by atoms with Crippen molar-refractivity contribution in [1.82, 2.24) is 0 Å². The summed E-state index contributed by atoms with van der Waals surface area (Å²) in [5.74, 6) is 0.608. The Hall–Kier alpha value is -3.27. The minimum absolute atomic E-state index is 0.187. The van der Waals surface area contributed by atoms with Crippen LogP contribution in [-0.4, -0.2) is 24.3 Å². The molecule has 4 heteroatoms. The zero-order valence-electron chi connectivity index (χ0n) is 14.5. The molecule has 3 aromatic rings. The van der Waals surface area contributed by atoms with Gasteiger partial charge in [-0.25, -0.2) is 4.79 Å². The molecule has 3 rings (SSSR count). The molecular weight excluding hydrogens is 328 g/mol. The minimum atomic E-state index is -0.380. The van der Waals surface area contributed by atoms with Crippen LogP contribution < -0.4 is 4.74 Å². The maximum absolute atomic E-state index is 12.1. The van der Waals surface area contributed by atoms with E-state index in [-0.39, 0.29) is 18.3 Å². The van der Waals surface area contributed by atoms with Crippen molar-refractivity contribution >= 4 is 5.97 Å². The van der Waals surface area contributed by atoms with Crippen LogP contribution in [0.1, 0.15) is 15.9 Å². The van der Waals surface area contributed by atoms with E-state index in [1.54, 1.807) is 24.3 Å². The number of ether oxygens (including phenoxy) is 2. The lowest BCUT2D eigenvalue weighted by Gasteiger charge is -2.08. The maximum atomic E-state index is 12.1. The van der Waals surface area contributed by atoms with Crippen molar-refractivity contribution in [3.8, 4) is 22.6 Å². The van der Waals surface area contributed by atoms with Gasteiger partial charge >= 0.3 is 5.97 Å². The lowest BCUT2D eigenvalue weighted by atomic mass is 10.0. The maximum Gasteiger partial charge on any atom is 0.338 e. The number of benzene rings is 3. The number of carbonyl (C=O) groups is 1. The summed E-state index contributed by atoms with van der Waals surface area (Å²) >= 11 is 0. The van der Waals surface area contributed by atoms with E-state index in [1.165, 1.54) is 0 Å². The van der Waals surface area contributed by atoms with Crippen molar-refractivity contribution in [3.05, 3.63) is 83.9 Å². The second-order valence-corrected chi connectivity index (χ2v) is 5.93. The number of esters is 1. The Morgan fingerprint density at radius 1 is 0.885 bits per heavy atom. The van der Waals surface area contributed by atoms with Gasteiger partial charge in [0, 0.05) is 0 Å². The third-order valence-electron chi connectivity index (χ3n) is 3.90. The van der Waals surface area contributed by atoms with Crippen LogP contribution in [0.15, 0.2) is 72.8 Å². The van der Waals surface area contributed by atoms with Gasteiger partial charge in [0.25, 0.3) is 0 Å². The van der Waals surface area contributed by atoms with E-state index in [0.29, 0.717) is 12.2 Å². The van der Waals surface area contributed by atoms with Crippen LogP contribution in [0.2, 0.25) is 0 Å². The molecule has 0 atom stereocenters. The zero-order valence-corrected chi connectivity index (χ0v) is 14.5. The molecule has 26 heavy (non-hydrogen) atoms. The van der Waals surface area contributed by atoms with E-state index < -0.39 is 0 Å². The van der Waals surface area contributed by atoms with Crippen LogP contribution in [0.25, 0.3) is 11.1 Å². The van der Waals surface area contributed by atoms with Crippen LogP contribution >= 0.6 is 0 Å². The molecule has 132 valence electrons. The average molecular weight is 348 g/mol. The number of carbonyl (C=O) groups excluding carboxylic acids is 1. The van der Waals surface area contributed by atoms with Gasteiger partial charge in [-0.2, -0.15) is 0 Å². The smallest absolute Gasteiger partial charge is 0.338 e. The third-order valence-corrected chi connectivity index (χ3v) is 3.90. The Balaban J connectivity index is 1.51. The topological polar surface area (TPSA) is 55.8 Å². The summed E-state index contributed by atoms with van der Waals surface area (Å²) in [5.41, 5.74) is 3.54. The molecule has 0 fully saturated rings. The second-order valence-electron chi connectivity index (χ2n) is 5.93. The van der Waals surface area contributed by atoms with Crippen LogP contribution in [0, 0.1) is 6.92 Å². The van der Waals surface area contributed by atoms with Gasteiger partial charge in [0.1, 0.15) is 24.7 Å². The first-order valence-electron chi connectivity index (χ1n) is 8.38. The van der Waals surface area contributed by atoms with Crippen LogP contribution in [-0.2, 0) is 4.74 Å². The highest BCUT2D eigenvalue weighted by Crippen LogP contribution is 2.22. The van der Waals surface area contributed by atoms with Gasteiger partial charge < -0.3 is 14.6 Å². The van der Waals surface area contributed by atoms with E-state index in [2.05, 4.69) is 0 Å². The molecule has 0 aliphatic carbocycles. The molecule has 0 spiro atoms. The number of hydrogen-bond acceptors (Lipinski definition) is 4. The third kappa shape index (κ3) is 4.63. The van der Waals surface area contributed by atoms with Crippen molar-refractivity contribution in [3.63, 3.8) is 0 Å². The monoisotopic (exact) mass is 348 g/mol. The lowest BCUT2D eigenvalue weighted by Crippen LogP contribution is -2.12. The van der Waals surface area contributed by atoms with E-state index >= 15 is 0 Å². The summed E-state index contributed by atoms with van der Waals surface area (Å²) in [7, 11) is 0. The number of aromatic hydroxyl groups is 1. The molecular formula is C22H20O4. The highest BCUT2D eigenvalue weighted by atomic mass is 16.6. The van der Waals surface area contributed by atoms with E-state index in [0.717, 1.165) is 22.4 Å². The van der Waals surface area contributed by atoms with Crippen molar-refractivity contribution in [2.75, 3.05) is 13.2 Å². The molecule has 0 heterocycles. The molecule has 0 saturated heterocycles. The number of rotatable bonds is 6. The van der Waals surface area contributed by atoms with Gasteiger partial charge in [-0.15, -0.1) is 0 Å². The van der Waals surface area contributed by atoms with Crippen LogP contribution in [0.4, 0.5) is 0 Å². The molecule has 0 unspecified atom stereocenters. The molecule has 0 aliphatic rings. The van der Waals surface area contributed by atoms with E-state index in [4.69, 9.17) is 9.47 Å². The molecule has 0 aromatic heterocycles. The SMILES string of the molecule is Cc1cccc(OCCOC(=O)c2ccc(-c3ccc(O)cc3)cc2)c1.